The molecule has 3 N–H and O–H groups in total. The largest absolute Gasteiger partial charge is 0.388 e. The van der Waals surface area contributed by atoms with Gasteiger partial charge in [0.2, 0.25) is 0 Å². The monoisotopic (exact) mass is 214 g/mol. The van der Waals surface area contributed by atoms with Gasteiger partial charge < -0.3 is 10.5 Å². The highest BCUT2D eigenvalue weighted by molar-refractivity contribution is 5.77. The first kappa shape index (κ1) is 14.4. The van der Waals surface area contributed by atoms with Crippen molar-refractivity contribution in [2.24, 2.45) is 11.7 Å². The van der Waals surface area contributed by atoms with Crippen LogP contribution in [0.5, 0.6) is 0 Å². The van der Waals surface area contributed by atoms with Gasteiger partial charge in [-0.1, -0.05) is 33.1 Å². The van der Waals surface area contributed by atoms with Gasteiger partial charge in [-0.15, -0.1) is 0 Å². The number of hydrogen-bond acceptors (Lipinski definition) is 2. The van der Waals surface area contributed by atoms with Gasteiger partial charge in [0.1, 0.15) is 0 Å². The molecular formula is C12H26N2O. The van der Waals surface area contributed by atoms with Gasteiger partial charge in [0.25, 0.3) is 0 Å². The van der Waals surface area contributed by atoms with Crippen molar-refractivity contribution in [1.29, 1.82) is 5.41 Å². The average Bonchev–Trinajstić information content (AvgIpc) is 2.17. The van der Waals surface area contributed by atoms with E-state index < -0.39 is 0 Å². The molecule has 0 aliphatic rings. The van der Waals surface area contributed by atoms with E-state index in [9.17, 15) is 0 Å². The van der Waals surface area contributed by atoms with Crippen LogP contribution in [0.25, 0.3) is 0 Å². The summed E-state index contributed by atoms with van der Waals surface area (Å²) in [6.45, 7) is 7.21. The van der Waals surface area contributed by atoms with Gasteiger partial charge >= 0.3 is 0 Å². The summed E-state index contributed by atoms with van der Waals surface area (Å²) in [5.41, 5.74) is 5.32. The molecule has 0 fully saturated rings. The molecule has 0 spiro atoms. The summed E-state index contributed by atoms with van der Waals surface area (Å²) in [5.74, 6) is 0.878. The van der Waals surface area contributed by atoms with E-state index in [2.05, 4.69) is 13.8 Å². The van der Waals surface area contributed by atoms with Crippen molar-refractivity contribution in [2.45, 2.75) is 59.0 Å². The fourth-order valence-corrected chi connectivity index (χ4v) is 1.57. The minimum Gasteiger partial charge on any atom is -0.388 e. The highest BCUT2D eigenvalue weighted by Gasteiger charge is 2.09. The van der Waals surface area contributed by atoms with E-state index >= 15 is 0 Å². The number of hydrogen-bond donors (Lipinski definition) is 2. The second kappa shape index (κ2) is 8.72. The predicted octanol–water partition coefficient (Wildman–Crippen LogP) is 2.93. The summed E-state index contributed by atoms with van der Waals surface area (Å²) in [6.07, 6.45) is 5.58. The van der Waals surface area contributed by atoms with E-state index in [4.69, 9.17) is 15.9 Å². The molecule has 0 aromatic heterocycles. The smallest absolute Gasteiger partial charge is 0.0931 e. The van der Waals surface area contributed by atoms with Crippen molar-refractivity contribution < 1.29 is 4.74 Å². The van der Waals surface area contributed by atoms with E-state index in [-0.39, 0.29) is 11.9 Å². The normalized spacial score (nSPS) is 14.9. The zero-order valence-electron chi connectivity index (χ0n) is 10.4. The number of nitrogens with two attached hydrogens (primary N) is 1. The maximum Gasteiger partial charge on any atom is 0.0931 e. The predicted molar refractivity (Wildman–Crippen MR) is 65.3 cm³/mol. The van der Waals surface area contributed by atoms with E-state index in [1.807, 2.05) is 6.92 Å². The molecule has 3 heteroatoms. The van der Waals surface area contributed by atoms with E-state index in [1.54, 1.807) is 0 Å². The molecule has 15 heavy (non-hydrogen) atoms. The van der Waals surface area contributed by atoms with Gasteiger partial charge in [-0.25, -0.2) is 0 Å². The van der Waals surface area contributed by atoms with Crippen molar-refractivity contribution in [3.8, 4) is 0 Å². The van der Waals surface area contributed by atoms with E-state index in [0.717, 1.165) is 6.61 Å². The third-order valence-electron chi connectivity index (χ3n) is 2.67. The molecule has 0 aromatic carbocycles. The summed E-state index contributed by atoms with van der Waals surface area (Å²) in [5, 5.41) is 7.16. The highest BCUT2D eigenvalue weighted by Crippen LogP contribution is 2.14. The van der Waals surface area contributed by atoms with Gasteiger partial charge in [-0.3, -0.25) is 5.41 Å². The lowest BCUT2D eigenvalue weighted by Crippen LogP contribution is -2.22. The molecule has 2 unspecified atom stereocenters. The maximum absolute atomic E-state index is 7.16. The molecular weight excluding hydrogens is 188 g/mol. The first-order valence-electron chi connectivity index (χ1n) is 6.04. The van der Waals surface area contributed by atoms with Crippen LogP contribution in [0, 0.1) is 11.3 Å². The number of unbranched alkanes of at least 4 members (excludes halogenated alkanes) is 1. The first-order valence-corrected chi connectivity index (χ1v) is 6.04. The second-order valence-electron chi connectivity index (χ2n) is 4.29. The Labute approximate surface area is 93.9 Å². The molecule has 3 nitrogen and oxygen atoms in total. The minimum absolute atomic E-state index is 0.0816. The molecule has 90 valence electrons. The van der Waals surface area contributed by atoms with Crippen molar-refractivity contribution in [2.75, 3.05) is 6.61 Å². The molecule has 0 saturated carbocycles. The molecule has 0 aliphatic carbocycles. The van der Waals surface area contributed by atoms with Gasteiger partial charge in [-0.05, 0) is 19.3 Å². The number of rotatable bonds is 9. The molecule has 0 bridgehead atoms. The molecule has 0 heterocycles. The van der Waals surface area contributed by atoms with Crippen molar-refractivity contribution >= 4 is 5.84 Å². The summed E-state index contributed by atoms with van der Waals surface area (Å²) >= 11 is 0. The Morgan fingerprint density at radius 1 is 1.40 bits per heavy atom. The molecule has 0 aromatic rings. The molecule has 0 saturated heterocycles. The van der Waals surface area contributed by atoms with Gasteiger partial charge in [0.05, 0.1) is 11.9 Å². The summed E-state index contributed by atoms with van der Waals surface area (Å²) in [6, 6.07) is 0. The van der Waals surface area contributed by atoms with Crippen LogP contribution >= 0.6 is 0 Å². The quantitative estimate of drug-likeness (QED) is 0.458. The maximum atomic E-state index is 7.16. The molecule has 0 aliphatic heterocycles. The number of nitrogens with one attached hydrogen (secondary N) is 1. The first-order chi connectivity index (χ1) is 7.10. The van der Waals surface area contributed by atoms with E-state index in [1.165, 1.54) is 25.7 Å². The lowest BCUT2D eigenvalue weighted by Gasteiger charge is -2.18. The van der Waals surface area contributed by atoms with Crippen LogP contribution in [0.15, 0.2) is 0 Å². The Bertz CT molecular complexity index is 171. The van der Waals surface area contributed by atoms with Crippen molar-refractivity contribution in [3.05, 3.63) is 0 Å². The van der Waals surface area contributed by atoms with Crippen LogP contribution in [0.1, 0.15) is 52.9 Å². The fraction of sp³-hybridized carbons (Fsp3) is 0.917. The van der Waals surface area contributed by atoms with Crippen LogP contribution in [-0.2, 0) is 4.74 Å². The summed E-state index contributed by atoms with van der Waals surface area (Å²) in [7, 11) is 0. The van der Waals surface area contributed by atoms with Crippen LogP contribution in [0.2, 0.25) is 0 Å². The average molecular weight is 214 g/mol. The van der Waals surface area contributed by atoms with Crippen molar-refractivity contribution in [3.63, 3.8) is 0 Å². The van der Waals surface area contributed by atoms with Crippen molar-refractivity contribution in [1.82, 2.24) is 0 Å². The van der Waals surface area contributed by atoms with Gasteiger partial charge in [0, 0.05) is 13.0 Å². The Hall–Kier alpha value is -0.570. The standard InChI is InChI=1S/C12H26N2O/c1-4-6-7-11(5-2)9-15-10(3)8-12(13)14/h10-11H,4-9H2,1-3H3,(H3,13,14). The Morgan fingerprint density at radius 2 is 2.07 bits per heavy atom. The number of amidine groups is 1. The minimum atomic E-state index is 0.0816. The highest BCUT2D eigenvalue weighted by atomic mass is 16.5. The second-order valence-corrected chi connectivity index (χ2v) is 4.29. The van der Waals surface area contributed by atoms with Gasteiger partial charge in [-0.2, -0.15) is 0 Å². The number of ether oxygens (including phenoxy) is 1. The molecule has 0 amide bonds. The SMILES string of the molecule is CCCCC(CC)COC(C)CC(=N)N. The third kappa shape index (κ3) is 8.43. The van der Waals surface area contributed by atoms with Crippen LogP contribution in [0.3, 0.4) is 0 Å². The molecule has 2 atom stereocenters. The third-order valence-corrected chi connectivity index (χ3v) is 2.67. The lowest BCUT2D eigenvalue weighted by molar-refractivity contribution is 0.0406. The Kier molecular flexibility index (Phi) is 8.38. The summed E-state index contributed by atoms with van der Waals surface area (Å²) in [4.78, 5) is 0. The summed E-state index contributed by atoms with van der Waals surface area (Å²) < 4.78 is 5.68. The lowest BCUT2D eigenvalue weighted by atomic mass is 10.0. The molecule has 0 radical (unpaired) electrons. The Balaban J connectivity index is 3.64. The Morgan fingerprint density at radius 3 is 2.53 bits per heavy atom. The van der Waals surface area contributed by atoms with Crippen LogP contribution in [0.4, 0.5) is 0 Å². The van der Waals surface area contributed by atoms with Gasteiger partial charge in [0.15, 0.2) is 0 Å². The molecule has 0 rings (SSSR count). The fourth-order valence-electron chi connectivity index (χ4n) is 1.57. The topological polar surface area (TPSA) is 59.1 Å². The zero-order valence-corrected chi connectivity index (χ0v) is 10.4. The van der Waals surface area contributed by atoms with E-state index in [0.29, 0.717) is 12.3 Å². The van der Waals surface area contributed by atoms with Crippen LogP contribution in [-0.4, -0.2) is 18.5 Å². The zero-order chi connectivity index (χ0) is 11.7. The van der Waals surface area contributed by atoms with Crippen LogP contribution < -0.4 is 5.73 Å².